The van der Waals surface area contributed by atoms with Gasteiger partial charge < -0.3 is 9.84 Å². The zero-order valence-electron chi connectivity index (χ0n) is 12.8. The summed E-state index contributed by atoms with van der Waals surface area (Å²) in [5, 5.41) is 7.30. The van der Waals surface area contributed by atoms with Gasteiger partial charge in [0.25, 0.3) is 5.89 Å². The lowest BCUT2D eigenvalue weighted by Crippen LogP contribution is -2.24. The van der Waals surface area contributed by atoms with Gasteiger partial charge in [-0.15, -0.1) is 11.3 Å². The molecule has 0 saturated heterocycles. The molecule has 4 nitrogen and oxygen atoms in total. The molecule has 0 saturated carbocycles. The first kappa shape index (κ1) is 14.7. The molecule has 1 N–H and O–H groups in total. The maximum Gasteiger partial charge on any atom is 0.268 e. The fourth-order valence-electron chi connectivity index (χ4n) is 2.76. The maximum absolute atomic E-state index is 5.46. The Kier molecular flexibility index (Phi) is 4.70. The van der Waals surface area contributed by atoms with Crippen molar-refractivity contribution in [2.45, 2.75) is 57.9 Å². The summed E-state index contributed by atoms with van der Waals surface area (Å²) < 4.78 is 5.46. The average Bonchev–Trinajstić information content (AvgIpc) is 3.06. The van der Waals surface area contributed by atoms with Gasteiger partial charge in [-0.1, -0.05) is 18.0 Å². The molecule has 2 aromatic heterocycles. The quantitative estimate of drug-likeness (QED) is 0.937. The zero-order valence-corrected chi connectivity index (χ0v) is 13.6. The van der Waals surface area contributed by atoms with Crippen LogP contribution in [0.25, 0.3) is 10.8 Å². The highest BCUT2D eigenvalue weighted by molar-refractivity contribution is 7.15. The predicted molar refractivity (Wildman–Crippen MR) is 85.7 cm³/mol. The van der Waals surface area contributed by atoms with Crippen LogP contribution < -0.4 is 5.32 Å². The van der Waals surface area contributed by atoms with Gasteiger partial charge in [-0.25, -0.2) is 0 Å². The number of aryl methyl sites for hydroxylation is 2. The van der Waals surface area contributed by atoms with E-state index in [9.17, 15) is 0 Å². The molecule has 5 heteroatoms. The topological polar surface area (TPSA) is 51.0 Å². The van der Waals surface area contributed by atoms with Crippen LogP contribution >= 0.6 is 11.3 Å². The van der Waals surface area contributed by atoms with E-state index in [1.54, 1.807) is 0 Å². The lowest BCUT2D eigenvalue weighted by molar-refractivity contribution is 0.419. The van der Waals surface area contributed by atoms with Gasteiger partial charge in [-0.05, 0) is 51.3 Å². The summed E-state index contributed by atoms with van der Waals surface area (Å²) in [4.78, 5) is 7.21. The van der Waals surface area contributed by atoms with Crippen LogP contribution in [0.2, 0.25) is 0 Å². The standard InChI is InChI=1S/C16H23N3OS/c1-11(17-2)9-15-18-16(20-19-15)14-10-12-7-5-3-4-6-8-13(12)21-14/h10-11,17H,3-9H2,1-2H3. The molecule has 1 atom stereocenters. The van der Waals surface area contributed by atoms with E-state index < -0.39 is 0 Å². The predicted octanol–water partition coefficient (Wildman–Crippen LogP) is 3.61. The van der Waals surface area contributed by atoms with E-state index in [0.29, 0.717) is 11.9 Å². The first-order valence-corrected chi connectivity index (χ1v) is 8.69. The van der Waals surface area contributed by atoms with Crippen molar-refractivity contribution in [3.05, 3.63) is 22.3 Å². The van der Waals surface area contributed by atoms with Gasteiger partial charge in [0.15, 0.2) is 5.82 Å². The van der Waals surface area contributed by atoms with E-state index in [2.05, 4.69) is 28.4 Å². The van der Waals surface area contributed by atoms with Crippen LogP contribution in [0.4, 0.5) is 0 Å². The van der Waals surface area contributed by atoms with Gasteiger partial charge in [0.2, 0.25) is 0 Å². The Hall–Kier alpha value is -1.20. The minimum Gasteiger partial charge on any atom is -0.333 e. The van der Waals surface area contributed by atoms with E-state index in [-0.39, 0.29) is 0 Å². The number of fused-ring (bicyclic) bond motifs is 1. The van der Waals surface area contributed by atoms with Gasteiger partial charge in [0.1, 0.15) is 0 Å². The van der Waals surface area contributed by atoms with Crippen molar-refractivity contribution in [3.63, 3.8) is 0 Å². The normalized spacial score (nSPS) is 17.0. The fraction of sp³-hybridized carbons (Fsp3) is 0.625. The number of hydrogen-bond donors (Lipinski definition) is 1. The molecule has 21 heavy (non-hydrogen) atoms. The van der Waals surface area contributed by atoms with Crippen molar-refractivity contribution in [2.75, 3.05) is 7.05 Å². The summed E-state index contributed by atoms with van der Waals surface area (Å²) in [6, 6.07) is 2.63. The molecule has 0 aliphatic heterocycles. The Morgan fingerprint density at radius 2 is 2.10 bits per heavy atom. The molecule has 2 aromatic rings. The Morgan fingerprint density at radius 1 is 1.29 bits per heavy atom. The highest BCUT2D eigenvalue weighted by Crippen LogP contribution is 2.34. The molecule has 0 aromatic carbocycles. The number of nitrogens with zero attached hydrogens (tertiary/aromatic N) is 2. The largest absolute Gasteiger partial charge is 0.333 e. The van der Waals surface area contributed by atoms with Crippen LogP contribution in [0.15, 0.2) is 10.6 Å². The van der Waals surface area contributed by atoms with Crippen LogP contribution in [0.5, 0.6) is 0 Å². The summed E-state index contributed by atoms with van der Waals surface area (Å²) in [5.74, 6) is 1.47. The first-order valence-electron chi connectivity index (χ1n) is 7.88. The molecule has 0 bridgehead atoms. The second-order valence-electron chi connectivity index (χ2n) is 5.88. The molecule has 0 amide bonds. The second-order valence-corrected chi connectivity index (χ2v) is 7.02. The molecule has 114 valence electrons. The summed E-state index contributed by atoms with van der Waals surface area (Å²) in [6.07, 6.45) is 8.53. The number of hydrogen-bond acceptors (Lipinski definition) is 5. The van der Waals surface area contributed by atoms with Gasteiger partial charge in [-0.2, -0.15) is 4.98 Å². The lowest BCUT2D eigenvalue weighted by Gasteiger charge is -2.07. The van der Waals surface area contributed by atoms with Crippen LogP contribution in [-0.4, -0.2) is 23.2 Å². The molecule has 0 fully saturated rings. The third-order valence-electron chi connectivity index (χ3n) is 4.16. The van der Waals surface area contributed by atoms with Crippen LogP contribution in [0.1, 0.15) is 48.9 Å². The van der Waals surface area contributed by atoms with Crippen LogP contribution in [0, 0.1) is 0 Å². The van der Waals surface area contributed by atoms with E-state index in [0.717, 1.165) is 17.1 Å². The minimum absolute atomic E-state index is 0.360. The fourth-order valence-corrected chi connectivity index (χ4v) is 3.94. The van der Waals surface area contributed by atoms with Crippen molar-refractivity contribution in [2.24, 2.45) is 0 Å². The van der Waals surface area contributed by atoms with Crippen molar-refractivity contribution in [3.8, 4) is 10.8 Å². The number of thiophene rings is 1. The van der Waals surface area contributed by atoms with Gasteiger partial charge in [0, 0.05) is 17.3 Å². The van der Waals surface area contributed by atoms with Gasteiger partial charge in [0.05, 0.1) is 4.88 Å². The Morgan fingerprint density at radius 3 is 2.90 bits per heavy atom. The van der Waals surface area contributed by atoms with E-state index in [4.69, 9.17) is 4.52 Å². The zero-order chi connectivity index (χ0) is 14.7. The molecular formula is C16H23N3OS. The average molecular weight is 305 g/mol. The van der Waals surface area contributed by atoms with Gasteiger partial charge >= 0.3 is 0 Å². The van der Waals surface area contributed by atoms with Crippen molar-refractivity contribution in [1.29, 1.82) is 0 Å². The van der Waals surface area contributed by atoms with Crippen LogP contribution in [0.3, 0.4) is 0 Å². The number of rotatable bonds is 4. The van der Waals surface area contributed by atoms with Crippen LogP contribution in [-0.2, 0) is 19.3 Å². The molecule has 0 radical (unpaired) electrons. The monoisotopic (exact) mass is 305 g/mol. The molecular weight excluding hydrogens is 282 g/mol. The number of nitrogens with one attached hydrogen (secondary N) is 1. The SMILES string of the molecule is CNC(C)Cc1noc(-c2cc3c(s2)CCCCCC3)n1. The Bertz CT molecular complexity index is 565. The summed E-state index contributed by atoms with van der Waals surface area (Å²) in [7, 11) is 1.95. The number of aromatic nitrogens is 2. The lowest BCUT2D eigenvalue weighted by atomic mass is 10.00. The third kappa shape index (κ3) is 3.52. The molecule has 1 aliphatic rings. The van der Waals surface area contributed by atoms with Crippen molar-refractivity contribution >= 4 is 11.3 Å². The van der Waals surface area contributed by atoms with Crippen molar-refractivity contribution in [1.82, 2.24) is 15.5 Å². The van der Waals surface area contributed by atoms with Crippen molar-refractivity contribution < 1.29 is 4.52 Å². The second kappa shape index (κ2) is 6.71. The van der Waals surface area contributed by atoms with E-state index >= 15 is 0 Å². The third-order valence-corrected chi connectivity index (χ3v) is 5.38. The minimum atomic E-state index is 0.360. The Balaban J connectivity index is 1.79. The van der Waals surface area contributed by atoms with Gasteiger partial charge in [-0.3, -0.25) is 0 Å². The van der Waals surface area contributed by atoms with E-state index in [1.807, 2.05) is 18.4 Å². The number of likely N-dealkylation sites (N-methyl/N-ethyl adjacent to an activating group) is 1. The maximum atomic E-state index is 5.46. The summed E-state index contributed by atoms with van der Waals surface area (Å²) in [6.45, 7) is 2.12. The molecule has 0 spiro atoms. The highest BCUT2D eigenvalue weighted by atomic mass is 32.1. The molecule has 1 unspecified atom stereocenters. The molecule has 2 heterocycles. The smallest absolute Gasteiger partial charge is 0.268 e. The summed E-state index contributed by atoms with van der Waals surface area (Å²) in [5.41, 5.74) is 1.50. The van der Waals surface area contributed by atoms with E-state index in [1.165, 1.54) is 49.0 Å². The molecule has 3 rings (SSSR count). The first-order chi connectivity index (χ1) is 10.3. The highest BCUT2D eigenvalue weighted by Gasteiger charge is 2.17. The Labute approximate surface area is 130 Å². The molecule has 1 aliphatic carbocycles. The summed E-state index contributed by atoms with van der Waals surface area (Å²) >= 11 is 1.84.